The molecule has 4 bridgehead atoms. The van der Waals surface area contributed by atoms with Crippen LogP contribution in [0.4, 0.5) is 11.8 Å². The highest BCUT2D eigenvalue weighted by molar-refractivity contribution is 7.92. The van der Waals surface area contributed by atoms with Crippen LogP contribution < -0.4 is 14.4 Å². The van der Waals surface area contributed by atoms with Crippen LogP contribution in [0, 0.1) is 19.3 Å². The molecular formula is C36H43N7O4S. The Morgan fingerprint density at radius 2 is 1.67 bits per heavy atom. The molecule has 0 aliphatic carbocycles. The fourth-order valence-corrected chi connectivity index (χ4v) is 7.48. The number of rotatable bonds is 5. The molecule has 12 heteroatoms. The maximum Gasteiger partial charge on any atom is 0.281 e. The molecule has 0 saturated carbocycles. The summed E-state index contributed by atoms with van der Waals surface area (Å²) in [4.78, 5) is 36.9. The zero-order valence-electron chi connectivity index (χ0n) is 28.4. The first-order chi connectivity index (χ1) is 22.8. The predicted octanol–water partition coefficient (Wildman–Crippen LogP) is 6.18. The van der Waals surface area contributed by atoms with E-state index in [0.717, 1.165) is 47.6 Å². The highest BCUT2D eigenvalue weighted by Gasteiger charge is 2.33. The number of carbonyl (C=O) groups is 1. The van der Waals surface area contributed by atoms with Gasteiger partial charge in [-0.05, 0) is 80.8 Å². The Hall–Kier alpha value is -4.58. The number of nitrogens with zero attached hydrogens (tertiary/aromatic N) is 6. The lowest BCUT2D eigenvalue weighted by molar-refractivity contribution is 0.0503. The summed E-state index contributed by atoms with van der Waals surface area (Å²) in [6.07, 6.45) is 2.80. The first-order valence-electron chi connectivity index (χ1n) is 16.4. The van der Waals surface area contributed by atoms with E-state index in [1.54, 1.807) is 11.0 Å². The summed E-state index contributed by atoms with van der Waals surface area (Å²) in [6, 6.07) is 17.9. The molecule has 1 saturated heterocycles. The molecule has 3 aromatic heterocycles. The van der Waals surface area contributed by atoms with Crippen LogP contribution in [0.2, 0.25) is 0 Å². The topological polar surface area (TPSA) is 131 Å². The summed E-state index contributed by atoms with van der Waals surface area (Å²) in [6.45, 7) is 13.7. The summed E-state index contributed by atoms with van der Waals surface area (Å²) in [5.41, 5.74) is 3.85. The quantitative estimate of drug-likeness (QED) is 0.265. The Labute approximate surface area is 282 Å². The van der Waals surface area contributed by atoms with E-state index in [2.05, 4.69) is 52.3 Å². The van der Waals surface area contributed by atoms with Gasteiger partial charge >= 0.3 is 0 Å². The van der Waals surface area contributed by atoms with E-state index < -0.39 is 22.0 Å². The Morgan fingerprint density at radius 3 is 2.38 bits per heavy atom. The van der Waals surface area contributed by atoms with Gasteiger partial charge in [0.25, 0.3) is 15.9 Å². The molecule has 11 nitrogen and oxygen atoms in total. The minimum absolute atomic E-state index is 0.00389. The molecule has 5 heterocycles. The standard InChI is InChI=1S/C36H43N7O4S/c1-23-11-7-12-24(2)33(23)29-19-31-40-35(39-29)41-48(45,46)32-17-9-15-28(38-32)34(44)43(27(22-47-31)20-36(4,5)6)21-26-14-8-16-30(37-26)42-18-10-13-25(42)3/h7-9,11-12,14-17,19,25,27H,10,13,18,20-22H2,1-6H3,(H,39,40,41)/t25?,27-/m1/s1. The number of pyridine rings is 2. The van der Waals surface area contributed by atoms with Crippen molar-refractivity contribution >= 4 is 27.7 Å². The van der Waals surface area contributed by atoms with Crippen LogP contribution in [0.3, 0.4) is 0 Å². The second kappa shape index (κ2) is 13.1. The number of hydrogen-bond donors (Lipinski definition) is 1. The first kappa shape index (κ1) is 33.3. The molecule has 1 N–H and O–H groups in total. The number of amides is 1. The van der Waals surface area contributed by atoms with Crippen molar-refractivity contribution < 1.29 is 17.9 Å². The molecule has 2 aliphatic heterocycles. The van der Waals surface area contributed by atoms with Crippen LogP contribution in [-0.2, 0) is 16.6 Å². The third-order valence-electron chi connectivity index (χ3n) is 8.83. The zero-order valence-corrected chi connectivity index (χ0v) is 29.2. The van der Waals surface area contributed by atoms with Crippen molar-refractivity contribution in [2.75, 3.05) is 22.8 Å². The van der Waals surface area contributed by atoms with Gasteiger partial charge in [-0.25, -0.2) is 19.7 Å². The van der Waals surface area contributed by atoms with Gasteiger partial charge in [-0.15, -0.1) is 0 Å². The molecule has 1 amide bonds. The van der Waals surface area contributed by atoms with Crippen molar-refractivity contribution in [1.82, 2.24) is 24.8 Å². The average Bonchev–Trinajstić information content (AvgIpc) is 3.46. The van der Waals surface area contributed by atoms with E-state index in [-0.39, 0.29) is 41.1 Å². The van der Waals surface area contributed by atoms with Crippen molar-refractivity contribution in [2.45, 2.75) is 84.5 Å². The molecule has 1 fully saturated rings. The molecule has 2 aliphatic rings. The summed E-state index contributed by atoms with van der Waals surface area (Å²) in [5, 5.41) is -0.313. The minimum Gasteiger partial charge on any atom is -0.475 e. The fraction of sp³-hybridized carbons (Fsp3) is 0.417. The molecular weight excluding hydrogens is 627 g/mol. The van der Waals surface area contributed by atoms with Crippen LogP contribution in [0.5, 0.6) is 5.88 Å². The summed E-state index contributed by atoms with van der Waals surface area (Å²) in [7, 11) is -4.27. The maximum absolute atomic E-state index is 14.4. The number of anilines is 2. The highest BCUT2D eigenvalue weighted by atomic mass is 32.2. The first-order valence-corrected chi connectivity index (χ1v) is 17.9. The Balaban J connectivity index is 1.47. The van der Waals surface area contributed by atoms with Gasteiger partial charge in [0.1, 0.15) is 18.1 Å². The average molecular weight is 670 g/mol. The second-order valence-corrected chi connectivity index (χ2v) is 15.6. The van der Waals surface area contributed by atoms with Gasteiger partial charge in [-0.1, -0.05) is 51.1 Å². The molecule has 252 valence electrons. The number of aromatic nitrogens is 4. The lowest BCUT2D eigenvalue weighted by Gasteiger charge is -2.35. The number of sulfonamides is 1. The van der Waals surface area contributed by atoms with Crippen LogP contribution >= 0.6 is 0 Å². The Morgan fingerprint density at radius 1 is 0.938 bits per heavy atom. The number of hydrogen-bond acceptors (Lipinski definition) is 9. The van der Waals surface area contributed by atoms with Gasteiger partial charge in [0.15, 0.2) is 5.03 Å². The van der Waals surface area contributed by atoms with Gasteiger partial charge < -0.3 is 14.5 Å². The molecule has 6 rings (SSSR count). The van der Waals surface area contributed by atoms with Crippen molar-refractivity contribution in [3.8, 4) is 17.1 Å². The van der Waals surface area contributed by atoms with Crippen molar-refractivity contribution in [3.63, 3.8) is 0 Å². The predicted molar refractivity (Wildman–Crippen MR) is 185 cm³/mol. The van der Waals surface area contributed by atoms with Gasteiger partial charge in [0.2, 0.25) is 11.8 Å². The van der Waals surface area contributed by atoms with Crippen molar-refractivity contribution in [3.05, 3.63) is 83.2 Å². The number of ether oxygens (including phenoxy) is 1. The van der Waals surface area contributed by atoms with E-state index in [4.69, 9.17) is 9.72 Å². The Kier molecular flexibility index (Phi) is 9.12. The van der Waals surface area contributed by atoms with E-state index in [1.807, 2.05) is 50.2 Å². The number of carbonyl (C=O) groups excluding carboxylic acids is 1. The van der Waals surface area contributed by atoms with E-state index in [0.29, 0.717) is 18.2 Å². The van der Waals surface area contributed by atoms with E-state index >= 15 is 0 Å². The zero-order chi connectivity index (χ0) is 34.2. The van der Waals surface area contributed by atoms with Gasteiger partial charge in [-0.3, -0.25) is 4.79 Å². The van der Waals surface area contributed by atoms with Gasteiger partial charge in [0, 0.05) is 24.2 Å². The number of fused-ring (bicyclic) bond motifs is 4. The summed E-state index contributed by atoms with van der Waals surface area (Å²) in [5.74, 6) is 0.502. The number of nitrogens with one attached hydrogen (secondary N) is 1. The van der Waals surface area contributed by atoms with Crippen LogP contribution in [0.25, 0.3) is 11.3 Å². The summed E-state index contributed by atoms with van der Waals surface area (Å²) >= 11 is 0. The third kappa shape index (κ3) is 7.28. The summed E-state index contributed by atoms with van der Waals surface area (Å²) < 4.78 is 36.2. The van der Waals surface area contributed by atoms with E-state index in [1.165, 1.54) is 18.2 Å². The SMILES string of the molecule is Cc1cccc(C)c1-c1cc2nc(n1)NS(=O)(=O)c1cccc(n1)C(=O)N(Cc1cccc(N3CCCC3C)n1)[C@H](CC(C)(C)C)CO2. The van der Waals surface area contributed by atoms with Crippen LogP contribution in [0.1, 0.15) is 74.3 Å². The molecule has 2 atom stereocenters. The monoisotopic (exact) mass is 669 g/mol. The normalized spacial score (nSPS) is 19.5. The van der Waals surface area contributed by atoms with Crippen molar-refractivity contribution in [1.29, 1.82) is 0 Å². The fourth-order valence-electron chi connectivity index (χ4n) is 6.57. The lowest BCUT2D eigenvalue weighted by atomic mass is 9.87. The molecule has 1 aromatic carbocycles. The highest BCUT2D eigenvalue weighted by Crippen LogP contribution is 2.32. The smallest absolute Gasteiger partial charge is 0.281 e. The Bertz CT molecular complexity index is 1920. The molecule has 0 radical (unpaired) electrons. The number of aryl methyl sites for hydroxylation is 2. The van der Waals surface area contributed by atoms with Gasteiger partial charge in [-0.2, -0.15) is 13.4 Å². The largest absolute Gasteiger partial charge is 0.475 e. The molecule has 4 aromatic rings. The van der Waals surface area contributed by atoms with Crippen molar-refractivity contribution in [2.24, 2.45) is 5.41 Å². The second-order valence-electron chi connectivity index (χ2n) is 14.0. The number of benzene rings is 1. The third-order valence-corrected chi connectivity index (χ3v) is 10.1. The molecule has 0 spiro atoms. The minimum atomic E-state index is -4.27. The van der Waals surface area contributed by atoms with Crippen LogP contribution in [0.15, 0.2) is 65.7 Å². The van der Waals surface area contributed by atoms with E-state index in [9.17, 15) is 13.2 Å². The van der Waals surface area contributed by atoms with Gasteiger partial charge in [0.05, 0.1) is 24.0 Å². The molecule has 1 unspecified atom stereocenters. The maximum atomic E-state index is 14.4. The lowest BCUT2D eigenvalue weighted by Crippen LogP contribution is -2.45. The van der Waals surface area contributed by atoms with Crippen LogP contribution in [-0.4, -0.2) is 64.4 Å². The molecule has 48 heavy (non-hydrogen) atoms.